The highest BCUT2D eigenvalue weighted by Gasteiger charge is 2.54. The third-order valence-electron chi connectivity index (χ3n) is 7.63. The van der Waals surface area contributed by atoms with Crippen molar-refractivity contribution >= 4 is 16.6 Å². The molecule has 4 heteroatoms. The van der Waals surface area contributed by atoms with E-state index in [0.29, 0.717) is 10.8 Å². The van der Waals surface area contributed by atoms with Crippen LogP contribution in [-0.4, -0.2) is 41.3 Å². The Morgan fingerprint density at radius 3 is 2.47 bits per heavy atom. The van der Waals surface area contributed by atoms with Gasteiger partial charge in [-0.15, -0.1) is 10.2 Å². The van der Waals surface area contributed by atoms with Gasteiger partial charge in [-0.3, -0.25) is 0 Å². The Morgan fingerprint density at radius 2 is 1.75 bits per heavy atom. The molecule has 0 radical (unpaired) electrons. The minimum Gasteiger partial charge on any atom is -0.368 e. The fraction of sp³-hybridized carbons (Fsp3) is 0.500. The van der Waals surface area contributed by atoms with E-state index < -0.39 is 0 Å². The van der Waals surface area contributed by atoms with Crippen molar-refractivity contribution in [3.63, 3.8) is 0 Å². The van der Waals surface area contributed by atoms with Gasteiger partial charge in [0.25, 0.3) is 0 Å². The van der Waals surface area contributed by atoms with E-state index in [4.69, 9.17) is 0 Å². The number of nitrogens with one attached hydrogen (secondary N) is 1. The molecular weight excluding hydrogens is 392 g/mol. The van der Waals surface area contributed by atoms with E-state index >= 15 is 0 Å². The monoisotopic (exact) mass is 428 g/mol. The molecule has 2 heterocycles. The predicted octanol–water partition coefficient (Wildman–Crippen LogP) is 6.25. The van der Waals surface area contributed by atoms with E-state index in [1.807, 2.05) is 0 Å². The minimum atomic E-state index is 0.437. The zero-order valence-electron chi connectivity index (χ0n) is 19.8. The third-order valence-corrected chi connectivity index (χ3v) is 7.63. The summed E-state index contributed by atoms with van der Waals surface area (Å²) in [5.41, 5.74) is 3.06. The van der Waals surface area contributed by atoms with E-state index in [9.17, 15) is 0 Å². The second-order valence-corrected chi connectivity index (χ2v) is 11.2. The van der Waals surface area contributed by atoms with Crippen LogP contribution in [0.1, 0.15) is 46.5 Å². The van der Waals surface area contributed by atoms with E-state index in [2.05, 4.69) is 95.8 Å². The number of rotatable bonds is 6. The van der Waals surface area contributed by atoms with Gasteiger partial charge in [0.1, 0.15) is 5.82 Å². The number of hydrogen-bond donors (Lipinski definition) is 1. The molecule has 2 aliphatic rings. The first kappa shape index (κ1) is 21.4. The number of anilines is 1. The largest absolute Gasteiger partial charge is 0.368 e. The quantitative estimate of drug-likeness (QED) is 0.504. The van der Waals surface area contributed by atoms with Crippen LogP contribution in [-0.2, 0) is 0 Å². The number of likely N-dealkylation sites (tertiary alicyclic amines) is 1. The summed E-state index contributed by atoms with van der Waals surface area (Å²) in [4.78, 5) is 2.68. The molecule has 1 unspecified atom stereocenters. The molecule has 5 rings (SSSR count). The third kappa shape index (κ3) is 4.80. The molecule has 1 saturated carbocycles. The van der Waals surface area contributed by atoms with E-state index in [-0.39, 0.29) is 0 Å². The Hall–Kier alpha value is -2.46. The smallest absolute Gasteiger partial charge is 0.148 e. The van der Waals surface area contributed by atoms with Gasteiger partial charge in [0, 0.05) is 12.1 Å². The SMILES string of the molecule is CC(C)(C)CCN1CCC2(CC1)CC2CNc1ccc(-c2ccc3ccccc3c2)nn1. The number of fused-ring (bicyclic) bond motifs is 1. The highest BCUT2D eigenvalue weighted by molar-refractivity contribution is 5.86. The van der Waals surface area contributed by atoms with Crippen LogP contribution < -0.4 is 5.32 Å². The number of piperidine rings is 1. The summed E-state index contributed by atoms with van der Waals surface area (Å²) in [7, 11) is 0. The second kappa shape index (κ2) is 8.47. The summed E-state index contributed by atoms with van der Waals surface area (Å²) < 4.78 is 0. The highest BCUT2D eigenvalue weighted by Crippen LogP contribution is 2.59. The molecule has 4 nitrogen and oxygen atoms in total. The Bertz CT molecular complexity index is 1060. The first-order valence-electron chi connectivity index (χ1n) is 12.2. The van der Waals surface area contributed by atoms with Gasteiger partial charge >= 0.3 is 0 Å². The van der Waals surface area contributed by atoms with Crippen LogP contribution in [0.25, 0.3) is 22.0 Å². The number of hydrogen-bond acceptors (Lipinski definition) is 4. The number of aromatic nitrogens is 2. The van der Waals surface area contributed by atoms with Crippen LogP contribution in [0.4, 0.5) is 5.82 Å². The van der Waals surface area contributed by atoms with Gasteiger partial charge in [-0.05, 0) is 91.0 Å². The molecule has 32 heavy (non-hydrogen) atoms. The number of benzene rings is 2. The summed E-state index contributed by atoms with van der Waals surface area (Å²) in [6.07, 6.45) is 5.38. The van der Waals surface area contributed by atoms with Crippen molar-refractivity contribution < 1.29 is 0 Å². The summed E-state index contributed by atoms with van der Waals surface area (Å²) in [6, 6.07) is 19.0. The average Bonchev–Trinajstić information content (AvgIpc) is 3.48. The summed E-state index contributed by atoms with van der Waals surface area (Å²) in [5, 5.41) is 15.0. The molecule has 168 valence electrons. The Morgan fingerprint density at radius 1 is 0.969 bits per heavy atom. The highest BCUT2D eigenvalue weighted by atomic mass is 15.2. The standard InChI is InChI=1S/C28H36N4/c1-27(2,3)12-15-32-16-13-28(14-17-32)19-24(28)20-29-26-11-10-25(30-31-26)23-9-8-21-6-4-5-7-22(21)18-23/h4-11,18,24H,12-17,19-20H2,1-3H3,(H,29,31). The maximum atomic E-state index is 4.49. The van der Waals surface area contributed by atoms with Crippen LogP contribution in [0.3, 0.4) is 0 Å². The van der Waals surface area contributed by atoms with Gasteiger partial charge in [0.2, 0.25) is 0 Å². The van der Waals surface area contributed by atoms with E-state index in [0.717, 1.165) is 29.5 Å². The van der Waals surface area contributed by atoms with Crippen molar-refractivity contribution in [2.24, 2.45) is 16.7 Å². The fourth-order valence-electron chi connectivity index (χ4n) is 5.21. The van der Waals surface area contributed by atoms with Gasteiger partial charge in [-0.25, -0.2) is 0 Å². The molecular formula is C28H36N4. The molecule has 1 aliphatic heterocycles. The van der Waals surface area contributed by atoms with E-state index in [1.165, 1.54) is 56.1 Å². The van der Waals surface area contributed by atoms with Gasteiger partial charge < -0.3 is 10.2 Å². The molecule has 0 amide bonds. The lowest BCUT2D eigenvalue weighted by Crippen LogP contribution is -2.37. The molecule has 3 aromatic rings. The minimum absolute atomic E-state index is 0.437. The van der Waals surface area contributed by atoms with Gasteiger partial charge in [0.05, 0.1) is 5.69 Å². The van der Waals surface area contributed by atoms with Crippen LogP contribution in [0.5, 0.6) is 0 Å². The predicted molar refractivity (Wildman–Crippen MR) is 134 cm³/mol. The zero-order valence-corrected chi connectivity index (χ0v) is 19.8. The lowest BCUT2D eigenvalue weighted by molar-refractivity contribution is 0.147. The molecule has 1 aliphatic carbocycles. The lowest BCUT2D eigenvalue weighted by atomic mass is 9.88. The average molecular weight is 429 g/mol. The number of nitrogens with zero attached hydrogens (tertiary/aromatic N) is 3. The topological polar surface area (TPSA) is 41.0 Å². The Kier molecular flexibility index (Phi) is 5.66. The van der Waals surface area contributed by atoms with Crippen molar-refractivity contribution in [3.8, 4) is 11.3 Å². The lowest BCUT2D eigenvalue weighted by Gasteiger charge is -2.34. The summed E-state index contributed by atoms with van der Waals surface area (Å²) in [6.45, 7) is 11.8. The molecule has 2 fully saturated rings. The maximum absolute atomic E-state index is 4.49. The van der Waals surface area contributed by atoms with Crippen molar-refractivity contribution in [2.75, 3.05) is 31.5 Å². The van der Waals surface area contributed by atoms with Crippen LogP contribution in [0.15, 0.2) is 54.6 Å². The molecule has 1 saturated heterocycles. The maximum Gasteiger partial charge on any atom is 0.148 e. The van der Waals surface area contributed by atoms with Crippen LogP contribution >= 0.6 is 0 Å². The Labute approximate surface area is 192 Å². The zero-order chi connectivity index (χ0) is 22.2. The van der Waals surface area contributed by atoms with Crippen molar-refractivity contribution in [2.45, 2.75) is 46.5 Å². The Balaban J connectivity index is 1.12. The summed E-state index contributed by atoms with van der Waals surface area (Å²) >= 11 is 0. The van der Waals surface area contributed by atoms with E-state index in [1.54, 1.807) is 0 Å². The molecule has 0 bridgehead atoms. The van der Waals surface area contributed by atoms with Crippen LogP contribution in [0, 0.1) is 16.7 Å². The molecule has 1 atom stereocenters. The molecule has 2 aromatic carbocycles. The second-order valence-electron chi connectivity index (χ2n) is 11.2. The first-order chi connectivity index (χ1) is 15.4. The first-order valence-corrected chi connectivity index (χ1v) is 12.2. The molecule has 1 N–H and O–H groups in total. The molecule has 1 aromatic heterocycles. The van der Waals surface area contributed by atoms with Crippen molar-refractivity contribution in [3.05, 3.63) is 54.6 Å². The van der Waals surface area contributed by atoms with Gasteiger partial charge in [-0.2, -0.15) is 0 Å². The van der Waals surface area contributed by atoms with Gasteiger partial charge in [0.15, 0.2) is 0 Å². The molecule has 1 spiro atoms. The van der Waals surface area contributed by atoms with Crippen molar-refractivity contribution in [1.29, 1.82) is 0 Å². The van der Waals surface area contributed by atoms with Crippen molar-refractivity contribution in [1.82, 2.24) is 15.1 Å². The van der Waals surface area contributed by atoms with Crippen LogP contribution in [0.2, 0.25) is 0 Å². The normalized spacial score (nSPS) is 20.5. The van der Waals surface area contributed by atoms with Gasteiger partial charge in [-0.1, -0.05) is 57.2 Å². The summed E-state index contributed by atoms with van der Waals surface area (Å²) in [5.74, 6) is 1.67. The fourth-order valence-corrected chi connectivity index (χ4v) is 5.21.